The van der Waals surface area contributed by atoms with Crippen molar-refractivity contribution in [3.8, 4) is 6.07 Å². The summed E-state index contributed by atoms with van der Waals surface area (Å²) in [6.07, 6.45) is 0. The highest BCUT2D eigenvalue weighted by Gasteiger charge is 2.27. The van der Waals surface area contributed by atoms with Crippen LogP contribution in [0.5, 0.6) is 0 Å². The molecule has 1 aliphatic heterocycles. The molecule has 21 heavy (non-hydrogen) atoms. The molecule has 1 aliphatic rings. The predicted molar refractivity (Wildman–Crippen MR) is 79.6 cm³/mol. The average Bonchev–Trinajstić information content (AvgIpc) is 2.48. The van der Waals surface area contributed by atoms with Crippen LogP contribution in [0.1, 0.15) is 6.92 Å². The lowest BCUT2D eigenvalue weighted by Gasteiger charge is -2.36. The van der Waals surface area contributed by atoms with Crippen molar-refractivity contribution in [3.05, 3.63) is 32.5 Å². The molecule has 0 aliphatic carbocycles. The average molecular weight is 357 g/mol. The summed E-state index contributed by atoms with van der Waals surface area (Å²) >= 11 is 3.06. The summed E-state index contributed by atoms with van der Waals surface area (Å²) in [5, 5.41) is 20.0. The fourth-order valence-corrected chi connectivity index (χ4v) is 2.69. The molecule has 0 radical (unpaired) electrons. The van der Waals surface area contributed by atoms with Gasteiger partial charge in [0.25, 0.3) is 5.69 Å². The molecule has 0 amide bonds. The standard InChI is InChI=1S/C13H14BrFN4O2/c1-9(8-16)17-2-4-18(5-3-17)12-6-10(14)11(15)7-13(12)19(20)21/h6-7,9H,2-5H2,1H3. The van der Waals surface area contributed by atoms with Crippen molar-refractivity contribution in [2.24, 2.45) is 0 Å². The number of halogens is 2. The lowest BCUT2D eigenvalue weighted by molar-refractivity contribution is -0.384. The van der Waals surface area contributed by atoms with E-state index in [1.165, 1.54) is 6.07 Å². The van der Waals surface area contributed by atoms with E-state index in [9.17, 15) is 14.5 Å². The first-order valence-corrected chi connectivity index (χ1v) is 7.25. The van der Waals surface area contributed by atoms with E-state index in [1.54, 1.807) is 0 Å². The highest BCUT2D eigenvalue weighted by molar-refractivity contribution is 9.10. The lowest BCUT2D eigenvalue weighted by atomic mass is 10.2. The first-order chi connectivity index (χ1) is 9.93. The maximum absolute atomic E-state index is 13.5. The summed E-state index contributed by atoms with van der Waals surface area (Å²) in [5.74, 6) is -0.651. The normalized spacial score (nSPS) is 17.3. The lowest BCUT2D eigenvalue weighted by Crippen LogP contribution is -2.49. The molecule has 8 heteroatoms. The second-order valence-corrected chi connectivity index (χ2v) is 5.69. The number of piperazine rings is 1. The number of rotatable bonds is 3. The zero-order valence-electron chi connectivity index (χ0n) is 11.4. The Morgan fingerprint density at radius 3 is 2.57 bits per heavy atom. The van der Waals surface area contributed by atoms with Crippen LogP contribution in [0.15, 0.2) is 16.6 Å². The Balaban J connectivity index is 2.22. The number of anilines is 1. The molecule has 2 rings (SSSR count). The molecule has 0 aromatic heterocycles. The van der Waals surface area contributed by atoms with Gasteiger partial charge in [0.2, 0.25) is 0 Å². The Morgan fingerprint density at radius 1 is 1.43 bits per heavy atom. The SMILES string of the molecule is CC(C#N)N1CCN(c2cc(Br)c(F)cc2[N+](=O)[O-])CC1. The van der Waals surface area contributed by atoms with E-state index in [0.29, 0.717) is 31.9 Å². The molecule has 1 aromatic rings. The number of nitro groups is 1. The zero-order valence-corrected chi connectivity index (χ0v) is 13.0. The molecule has 1 atom stereocenters. The van der Waals surface area contributed by atoms with Crippen molar-refractivity contribution in [3.63, 3.8) is 0 Å². The summed E-state index contributed by atoms with van der Waals surface area (Å²) in [5.41, 5.74) is 0.162. The van der Waals surface area contributed by atoms with E-state index in [0.717, 1.165) is 6.07 Å². The van der Waals surface area contributed by atoms with Gasteiger partial charge in [-0.15, -0.1) is 0 Å². The Morgan fingerprint density at radius 2 is 2.05 bits per heavy atom. The van der Waals surface area contributed by atoms with Gasteiger partial charge in [-0.05, 0) is 28.9 Å². The second kappa shape index (κ2) is 6.37. The van der Waals surface area contributed by atoms with Gasteiger partial charge in [0.1, 0.15) is 11.5 Å². The topological polar surface area (TPSA) is 73.4 Å². The number of nitrogens with zero attached hydrogens (tertiary/aromatic N) is 4. The van der Waals surface area contributed by atoms with Crippen molar-refractivity contribution < 1.29 is 9.31 Å². The van der Waals surface area contributed by atoms with Crippen molar-refractivity contribution in [1.82, 2.24) is 4.90 Å². The van der Waals surface area contributed by atoms with Crippen LogP contribution >= 0.6 is 15.9 Å². The Hall–Kier alpha value is -1.72. The summed E-state index contributed by atoms with van der Waals surface area (Å²) in [6, 6.07) is 4.37. The minimum atomic E-state index is -0.651. The molecule has 1 unspecified atom stereocenters. The van der Waals surface area contributed by atoms with E-state index >= 15 is 0 Å². The van der Waals surface area contributed by atoms with Gasteiger partial charge < -0.3 is 4.90 Å². The molecular weight excluding hydrogens is 343 g/mol. The minimum absolute atomic E-state index is 0.179. The zero-order chi connectivity index (χ0) is 15.6. The molecule has 1 heterocycles. The van der Waals surface area contributed by atoms with Crippen LogP contribution in [0.4, 0.5) is 15.8 Å². The largest absolute Gasteiger partial charge is 0.363 e. The summed E-state index contributed by atoms with van der Waals surface area (Å²) < 4.78 is 13.7. The molecular formula is C13H14BrFN4O2. The maximum Gasteiger partial charge on any atom is 0.295 e. The van der Waals surface area contributed by atoms with Gasteiger partial charge in [0.05, 0.1) is 27.6 Å². The third-order valence-electron chi connectivity index (χ3n) is 3.60. The number of nitro benzene ring substituents is 1. The van der Waals surface area contributed by atoms with Crippen LogP contribution in [0.3, 0.4) is 0 Å². The van der Waals surface area contributed by atoms with Crippen LogP contribution in [0, 0.1) is 27.3 Å². The Kier molecular flexibility index (Phi) is 4.75. The fourth-order valence-electron chi connectivity index (χ4n) is 2.36. The molecule has 112 valence electrons. The van der Waals surface area contributed by atoms with E-state index in [1.807, 2.05) is 16.7 Å². The number of hydrogen-bond donors (Lipinski definition) is 0. The second-order valence-electron chi connectivity index (χ2n) is 4.84. The van der Waals surface area contributed by atoms with Gasteiger partial charge in [0.15, 0.2) is 0 Å². The summed E-state index contributed by atoms with van der Waals surface area (Å²) in [6.45, 7) is 4.23. The van der Waals surface area contributed by atoms with Gasteiger partial charge in [-0.3, -0.25) is 15.0 Å². The molecule has 0 bridgehead atoms. The molecule has 0 saturated carbocycles. The monoisotopic (exact) mass is 356 g/mol. The first-order valence-electron chi connectivity index (χ1n) is 6.46. The van der Waals surface area contributed by atoms with Crippen LogP contribution in [-0.4, -0.2) is 42.0 Å². The fraction of sp³-hybridized carbons (Fsp3) is 0.462. The van der Waals surface area contributed by atoms with Crippen molar-refractivity contribution >= 4 is 27.3 Å². The van der Waals surface area contributed by atoms with Crippen molar-refractivity contribution in [1.29, 1.82) is 5.26 Å². The minimum Gasteiger partial charge on any atom is -0.363 e. The van der Waals surface area contributed by atoms with Crippen LogP contribution < -0.4 is 4.90 Å². The number of benzene rings is 1. The van der Waals surface area contributed by atoms with Crippen LogP contribution in [0.2, 0.25) is 0 Å². The summed E-state index contributed by atoms with van der Waals surface area (Å²) in [4.78, 5) is 14.4. The van der Waals surface area contributed by atoms with E-state index in [4.69, 9.17) is 5.26 Å². The summed E-state index contributed by atoms with van der Waals surface area (Å²) in [7, 11) is 0. The van der Waals surface area contributed by atoms with Crippen LogP contribution in [-0.2, 0) is 0 Å². The van der Waals surface area contributed by atoms with Crippen molar-refractivity contribution in [2.75, 3.05) is 31.1 Å². The highest BCUT2D eigenvalue weighted by Crippen LogP contribution is 2.34. The molecule has 0 spiro atoms. The van der Waals surface area contributed by atoms with Gasteiger partial charge in [-0.2, -0.15) is 5.26 Å². The molecule has 6 nitrogen and oxygen atoms in total. The molecule has 1 aromatic carbocycles. The van der Waals surface area contributed by atoms with E-state index in [2.05, 4.69) is 22.0 Å². The smallest absolute Gasteiger partial charge is 0.295 e. The third kappa shape index (κ3) is 3.31. The van der Waals surface area contributed by atoms with Gasteiger partial charge in [-0.25, -0.2) is 4.39 Å². The molecule has 1 fully saturated rings. The Labute approximate surface area is 130 Å². The number of hydrogen-bond acceptors (Lipinski definition) is 5. The quantitative estimate of drug-likeness (QED) is 0.614. The van der Waals surface area contributed by atoms with E-state index in [-0.39, 0.29) is 16.2 Å². The van der Waals surface area contributed by atoms with Crippen molar-refractivity contribution in [2.45, 2.75) is 13.0 Å². The van der Waals surface area contributed by atoms with Crippen LogP contribution in [0.25, 0.3) is 0 Å². The first kappa shape index (κ1) is 15.7. The number of nitriles is 1. The van der Waals surface area contributed by atoms with Gasteiger partial charge in [-0.1, -0.05) is 0 Å². The van der Waals surface area contributed by atoms with Gasteiger partial charge in [0, 0.05) is 26.2 Å². The van der Waals surface area contributed by atoms with E-state index < -0.39 is 10.7 Å². The molecule has 1 saturated heterocycles. The van der Waals surface area contributed by atoms with Gasteiger partial charge >= 0.3 is 0 Å². The maximum atomic E-state index is 13.5. The highest BCUT2D eigenvalue weighted by atomic mass is 79.9. The Bertz CT molecular complexity index is 597. The third-order valence-corrected chi connectivity index (χ3v) is 4.21. The molecule has 0 N–H and O–H groups in total. The predicted octanol–water partition coefficient (Wildman–Crippen LogP) is 2.53.